The highest BCUT2D eigenvalue weighted by Gasteiger charge is 2.29. The van der Waals surface area contributed by atoms with E-state index in [0.717, 1.165) is 36.0 Å². The van der Waals surface area contributed by atoms with E-state index in [1.165, 1.54) is 0 Å². The fraction of sp³-hybridized carbons (Fsp3) is 0.846. The highest BCUT2D eigenvalue weighted by atomic mass is 32.1. The van der Waals surface area contributed by atoms with Crippen molar-refractivity contribution in [3.63, 3.8) is 0 Å². The zero-order valence-corrected chi connectivity index (χ0v) is 12.5. The van der Waals surface area contributed by atoms with Crippen LogP contribution in [0, 0.1) is 5.92 Å². The smallest absolute Gasteiger partial charge is 0.146 e. The molecule has 0 aliphatic carbocycles. The average Bonchev–Trinajstić information content (AvgIpc) is 2.84. The minimum atomic E-state index is 0.163. The molecule has 0 radical (unpaired) electrons. The lowest BCUT2D eigenvalue weighted by atomic mass is 10.1. The monoisotopic (exact) mass is 269 g/mol. The Morgan fingerprint density at radius 2 is 2.17 bits per heavy atom. The van der Waals surface area contributed by atoms with Crippen molar-refractivity contribution in [1.82, 2.24) is 15.5 Å². The third kappa shape index (κ3) is 3.73. The van der Waals surface area contributed by atoms with E-state index in [1.54, 1.807) is 11.3 Å². The Morgan fingerprint density at radius 1 is 1.39 bits per heavy atom. The van der Waals surface area contributed by atoms with Crippen molar-refractivity contribution >= 4 is 11.3 Å². The Kier molecular flexibility index (Phi) is 4.35. The second-order valence-corrected chi connectivity index (χ2v) is 7.11. The van der Waals surface area contributed by atoms with Crippen molar-refractivity contribution in [2.75, 3.05) is 13.2 Å². The van der Waals surface area contributed by atoms with Crippen molar-refractivity contribution in [1.29, 1.82) is 0 Å². The van der Waals surface area contributed by atoms with Crippen molar-refractivity contribution in [3.8, 4) is 0 Å². The van der Waals surface area contributed by atoms with Crippen LogP contribution in [-0.2, 0) is 11.2 Å². The molecule has 4 nitrogen and oxygen atoms in total. The van der Waals surface area contributed by atoms with Gasteiger partial charge in [-0.05, 0) is 33.1 Å². The van der Waals surface area contributed by atoms with Gasteiger partial charge in [0.05, 0.1) is 0 Å². The van der Waals surface area contributed by atoms with E-state index >= 15 is 0 Å². The summed E-state index contributed by atoms with van der Waals surface area (Å²) in [6.45, 7) is 10.5. The summed E-state index contributed by atoms with van der Waals surface area (Å²) in [4.78, 5) is 0. The van der Waals surface area contributed by atoms with Crippen LogP contribution in [0.5, 0.6) is 0 Å². The molecule has 1 saturated heterocycles. The number of ether oxygens (including phenoxy) is 1. The number of nitrogens with zero attached hydrogens (tertiary/aromatic N) is 2. The Labute approximate surface area is 113 Å². The minimum Gasteiger partial charge on any atom is -0.371 e. The van der Waals surface area contributed by atoms with Crippen molar-refractivity contribution in [3.05, 3.63) is 10.0 Å². The highest BCUT2D eigenvalue weighted by Crippen LogP contribution is 2.35. The maximum atomic E-state index is 5.72. The van der Waals surface area contributed by atoms with Gasteiger partial charge in [0.25, 0.3) is 0 Å². The molecule has 1 aromatic heterocycles. The number of rotatable bonds is 4. The lowest BCUT2D eigenvalue weighted by Gasteiger charge is -2.19. The molecule has 5 heteroatoms. The molecule has 0 bridgehead atoms. The fourth-order valence-corrected chi connectivity index (χ4v) is 3.06. The molecule has 2 unspecified atom stereocenters. The summed E-state index contributed by atoms with van der Waals surface area (Å²) in [6, 6.07) is 0. The maximum Gasteiger partial charge on any atom is 0.146 e. The Morgan fingerprint density at radius 3 is 2.78 bits per heavy atom. The number of hydrogen-bond donors (Lipinski definition) is 1. The predicted molar refractivity (Wildman–Crippen MR) is 73.8 cm³/mol. The molecule has 0 aromatic carbocycles. The summed E-state index contributed by atoms with van der Waals surface area (Å²) in [7, 11) is 0. The second-order valence-electron chi connectivity index (χ2n) is 6.02. The van der Waals surface area contributed by atoms with Gasteiger partial charge < -0.3 is 10.1 Å². The van der Waals surface area contributed by atoms with Crippen molar-refractivity contribution in [2.24, 2.45) is 5.92 Å². The van der Waals surface area contributed by atoms with Crippen LogP contribution in [0.25, 0.3) is 0 Å². The number of hydrogen-bond acceptors (Lipinski definition) is 5. The van der Waals surface area contributed by atoms with Crippen LogP contribution in [0.15, 0.2) is 0 Å². The summed E-state index contributed by atoms with van der Waals surface area (Å²) in [5.41, 5.74) is 0.163. The van der Waals surface area contributed by atoms with Gasteiger partial charge in [-0.15, -0.1) is 10.2 Å². The van der Waals surface area contributed by atoms with E-state index in [4.69, 9.17) is 4.74 Å². The summed E-state index contributed by atoms with van der Waals surface area (Å²) >= 11 is 1.70. The van der Waals surface area contributed by atoms with E-state index < -0.39 is 0 Å². The number of nitrogens with one attached hydrogen (secondary N) is 1. The standard InChI is InChI=1S/C13H23N3OS/c1-9-6-8-17-11(9)12-16-15-10(18-12)5-7-14-13(2,3)4/h9,11,14H,5-8H2,1-4H3. The summed E-state index contributed by atoms with van der Waals surface area (Å²) < 4.78 is 5.72. The molecule has 1 fully saturated rings. The first-order valence-electron chi connectivity index (χ1n) is 6.64. The van der Waals surface area contributed by atoms with Crippen LogP contribution in [0.2, 0.25) is 0 Å². The zero-order valence-electron chi connectivity index (χ0n) is 11.7. The molecule has 2 rings (SSSR count). The lowest BCUT2D eigenvalue weighted by molar-refractivity contribution is 0.0937. The lowest BCUT2D eigenvalue weighted by Crippen LogP contribution is -2.37. The summed E-state index contributed by atoms with van der Waals surface area (Å²) in [5, 5.41) is 14.2. The molecule has 0 amide bonds. The van der Waals surface area contributed by atoms with E-state index in [2.05, 4.69) is 43.2 Å². The molecule has 18 heavy (non-hydrogen) atoms. The summed E-state index contributed by atoms with van der Waals surface area (Å²) in [6.07, 6.45) is 2.24. The van der Waals surface area contributed by atoms with E-state index in [-0.39, 0.29) is 11.6 Å². The minimum absolute atomic E-state index is 0.163. The molecular weight excluding hydrogens is 246 g/mol. The Bertz CT molecular complexity index is 386. The van der Waals surface area contributed by atoms with Crippen LogP contribution in [0.4, 0.5) is 0 Å². The largest absolute Gasteiger partial charge is 0.371 e. The molecule has 2 atom stereocenters. The predicted octanol–water partition coefficient (Wildman–Crippen LogP) is 2.57. The van der Waals surface area contributed by atoms with Crippen molar-refractivity contribution < 1.29 is 4.74 Å². The average molecular weight is 269 g/mol. The SMILES string of the molecule is CC1CCOC1c1nnc(CCNC(C)(C)C)s1. The van der Waals surface area contributed by atoms with Gasteiger partial charge in [0.15, 0.2) is 0 Å². The zero-order chi connectivity index (χ0) is 13.2. The summed E-state index contributed by atoms with van der Waals surface area (Å²) in [5.74, 6) is 0.568. The molecular formula is C13H23N3OS. The van der Waals surface area contributed by atoms with Gasteiger partial charge in [0.2, 0.25) is 0 Å². The van der Waals surface area contributed by atoms with E-state index in [0.29, 0.717) is 5.92 Å². The Balaban J connectivity index is 1.86. The first-order chi connectivity index (χ1) is 8.46. The van der Waals surface area contributed by atoms with Gasteiger partial charge in [0, 0.05) is 25.1 Å². The van der Waals surface area contributed by atoms with E-state index in [1.807, 2.05) is 0 Å². The van der Waals surface area contributed by atoms with Gasteiger partial charge in [-0.25, -0.2) is 0 Å². The highest BCUT2D eigenvalue weighted by molar-refractivity contribution is 7.11. The Hall–Kier alpha value is -0.520. The normalized spacial score (nSPS) is 24.7. The van der Waals surface area contributed by atoms with Gasteiger partial charge in [-0.1, -0.05) is 18.3 Å². The molecule has 1 aliphatic heterocycles. The maximum absolute atomic E-state index is 5.72. The third-order valence-electron chi connectivity index (χ3n) is 3.11. The first kappa shape index (κ1) is 13.9. The first-order valence-corrected chi connectivity index (χ1v) is 7.46. The topological polar surface area (TPSA) is 47.0 Å². The van der Waals surface area contributed by atoms with Crippen LogP contribution >= 0.6 is 11.3 Å². The third-order valence-corrected chi connectivity index (χ3v) is 4.15. The number of aromatic nitrogens is 2. The molecule has 0 saturated carbocycles. The van der Waals surface area contributed by atoms with Gasteiger partial charge >= 0.3 is 0 Å². The van der Waals surface area contributed by atoms with Gasteiger partial charge in [0.1, 0.15) is 16.1 Å². The fourth-order valence-electron chi connectivity index (χ4n) is 2.04. The van der Waals surface area contributed by atoms with Crippen LogP contribution in [0.1, 0.15) is 50.2 Å². The van der Waals surface area contributed by atoms with Crippen molar-refractivity contribution in [2.45, 2.75) is 52.2 Å². The second kappa shape index (κ2) is 5.63. The van der Waals surface area contributed by atoms with E-state index in [9.17, 15) is 0 Å². The molecule has 1 N–H and O–H groups in total. The van der Waals surface area contributed by atoms with Gasteiger partial charge in [-0.2, -0.15) is 0 Å². The molecule has 2 heterocycles. The van der Waals surface area contributed by atoms with Crippen LogP contribution in [-0.4, -0.2) is 28.9 Å². The molecule has 0 spiro atoms. The van der Waals surface area contributed by atoms with Crippen LogP contribution < -0.4 is 5.32 Å². The molecule has 102 valence electrons. The molecule has 1 aliphatic rings. The molecule has 1 aromatic rings. The van der Waals surface area contributed by atoms with Gasteiger partial charge in [-0.3, -0.25) is 0 Å². The quantitative estimate of drug-likeness (QED) is 0.912. The van der Waals surface area contributed by atoms with Crippen LogP contribution in [0.3, 0.4) is 0 Å².